The molecular weight excluding hydrogens is 321 g/mol. The van der Waals surface area contributed by atoms with E-state index in [9.17, 15) is 14.4 Å². The van der Waals surface area contributed by atoms with E-state index in [1.807, 2.05) is 0 Å². The van der Waals surface area contributed by atoms with Crippen molar-refractivity contribution >= 4 is 41.0 Å². The Kier molecular flexibility index (Phi) is 6.45. The minimum Gasteiger partial charge on any atom is -0.480 e. The van der Waals surface area contributed by atoms with Crippen molar-refractivity contribution in [3.05, 3.63) is 33.8 Å². The zero-order valence-corrected chi connectivity index (χ0v) is 12.6. The number of hydrogen-bond donors (Lipinski definition) is 2. The van der Waals surface area contributed by atoms with Gasteiger partial charge in [0.25, 0.3) is 5.91 Å². The molecule has 0 fully saturated rings. The van der Waals surface area contributed by atoms with Crippen LogP contribution in [0.2, 0.25) is 10.0 Å². The SMILES string of the molecule is COC(=O)CC[C@H](NC(=O)c1cc(Cl)ccc1Cl)C(=O)O. The van der Waals surface area contributed by atoms with Crippen LogP contribution in [0.1, 0.15) is 23.2 Å². The molecule has 0 spiro atoms. The molecule has 1 aromatic rings. The molecule has 0 aliphatic carbocycles. The normalized spacial score (nSPS) is 11.6. The topological polar surface area (TPSA) is 92.7 Å². The Labute approximate surface area is 131 Å². The summed E-state index contributed by atoms with van der Waals surface area (Å²) in [6.45, 7) is 0. The fourth-order valence-electron chi connectivity index (χ4n) is 1.53. The van der Waals surface area contributed by atoms with Crippen molar-refractivity contribution in [1.29, 1.82) is 0 Å². The van der Waals surface area contributed by atoms with Gasteiger partial charge in [-0.1, -0.05) is 23.2 Å². The van der Waals surface area contributed by atoms with Crippen LogP contribution in [0.5, 0.6) is 0 Å². The largest absolute Gasteiger partial charge is 0.480 e. The second kappa shape index (κ2) is 7.85. The van der Waals surface area contributed by atoms with Crippen LogP contribution in [0.15, 0.2) is 18.2 Å². The number of aliphatic carboxylic acids is 1. The quantitative estimate of drug-likeness (QED) is 0.778. The van der Waals surface area contributed by atoms with Crippen LogP contribution in [-0.2, 0) is 14.3 Å². The van der Waals surface area contributed by atoms with Crippen molar-refractivity contribution in [2.45, 2.75) is 18.9 Å². The minimum atomic E-state index is -1.26. The molecule has 1 rings (SSSR count). The Morgan fingerprint density at radius 2 is 2.00 bits per heavy atom. The molecule has 0 bridgehead atoms. The van der Waals surface area contributed by atoms with Gasteiger partial charge in [-0.15, -0.1) is 0 Å². The summed E-state index contributed by atoms with van der Waals surface area (Å²) in [7, 11) is 1.20. The van der Waals surface area contributed by atoms with E-state index < -0.39 is 23.9 Å². The van der Waals surface area contributed by atoms with Gasteiger partial charge in [0.15, 0.2) is 0 Å². The average Bonchev–Trinajstić information content (AvgIpc) is 2.44. The van der Waals surface area contributed by atoms with Crippen LogP contribution in [0, 0.1) is 0 Å². The van der Waals surface area contributed by atoms with Crippen LogP contribution in [0.4, 0.5) is 0 Å². The van der Waals surface area contributed by atoms with E-state index in [-0.39, 0.29) is 23.4 Å². The zero-order chi connectivity index (χ0) is 16.0. The molecule has 0 aliphatic heterocycles. The first-order valence-corrected chi connectivity index (χ1v) is 6.66. The van der Waals surface area contributed by atoms with E-state index in [4.69, 9.17) is 28.3 Å². The van der Waals surface area contributed by atoms with Crippen molar-refractivity contribution < 1.29 is 24.2 Å². The summed E-state index contributed by atoms with van der Waals surface area (Å²) in [5, 5.41) is 11.8. The second-order valence-corrected chi connectivity index (χ2v) is 4.95. The summed E-state index contributed by atoms with van der Waals surface area (Å²) >= 11 is 11.6. The molecule has 1 atom stereocenters. The Hall–Kier alpha value is -1.79. The first-order valence-electron chi connectivity index (χ1n) is 5.90. The number of carbonyl (C=O) groups is 3. The molecule has 8 heteroatoms. The van der Waals surface area contributed by atoms with E-state index in [1.54, 1.807) is 0 Å². The standard InChI is InChI=1S/C13H13Cl2NO5/c1-21-11(17)5-4-10(13(19)20)16-12(18)8-6-7(14)2-3-9(8)15/h2-3,6,10H,4-5H2,1H3,(H,16,18)(H,19,20)/t10-/m0/s1. The smallest absolute Gasteiger partial charge is 0.326 e. The van der Waals surface area contributed by atoms with E-state index >= 15 is 0 Å². The molecule has 6 nitrogen and oxygen atoms in total. The van der Waals surface area contributed by atoms with Crippen molar-refractivity contribution in [2.75, 3.05) is 7.11 Å². The predicted octanol–water partition coefficient (Wildman–Crippen LogP) is 2.13. The number of methoxy groups -OCH3 is 1. The number of halogens is 2. The van der Waals surface area contributed by atoms with Gasteiger partial charge in [-0.25, -0.2) is 4.79 Å². The maximum absolute atomic E-state index is 12.0. The third-order valence-corrected chi connectivity index (χ3v) is 3.21. The molecule has 0 aliphatic rings. The van der Waals surface area contributed by atoms with E-state index in [0.29, 0.717) is 5.02 Å². The lowest BCUT2D eigenvalue weighted by Gasteiger charge is -2.14. The number of amides is 1. The van der Waals surface area contributed by atoms with Gasteiger partial charge in [0.1, 0.15) is 6.04 Å². The lowest BCUT2D eigenvalue weighted by molar-refractivity contribution is -0.142. The average molecular weight is 334 g/mol. The van der Waals surface area contributed by atoms with Gasteiger partial charge in [0.2, 0.25) is 0 Å². The summed E-state index contributed by atoms with van der Waals surface area (Å²) in [6, 6.07) is 3.04. The lowest BCUT2D eigenvalue weighted by Crippen LogP contribution is -2.41. The Balaban J connectivity index is 2.79. The summed E-state index contributed by atoms with van der Waals surface area (Å²) in [6.07, 6.45) is -0.219. The fraction of sp³-hybridized carbons (Fsp3) is 0.308. The van der Waals surface area contributed by atoms with Crippen LogP contribution >= 0.6 is 23.2 Å². The summed E-state index contributed by atoms with van der Waals surface area (Å²) in [5.41, 5.74) is 0.0634. The molecule has 0 heterocycles. The second-order valence-electron chi connectivity index (χ2n) is 4.10. The highest BCUT2D eigenvalue weighted by atomic mass is 35.5. The molecule has 21 heavy (non-hydrogen) atoms. The molecule has 1 aromatic carbocycles. The number of esters is 1. The highest BCUT2D eigenvalue weighted by molar-refractivity contribution is 6.35. The van der Waals surface area contributed by atoms with Crippen molar-refractivity contribution in [1.82, 2.24) is 5.32 Å². The number of nitrogens with one attached hydrogen (secondary N) is 1. The van der Waals surface area contributed by atoms with Gasteiger partial charge >= 0.3 is 11.9 Å². The van der Waals surface area contributed by atoms with Crippen LogP contribution in [-0.4, -0.2) is 36.1 Å². The number of carbonyl (C=O) groups excluding carboxylic acids is 2. The fourth-order valence-corrected chi connectivity index (χ4v) is 1.90. The van der Waals surface area contributed by atoms with Crippen molar-refractivity contribution in [2.24, 2.45) is 0 Å². The van der Waals surface area contributed by atoms with Crippen LogP contribution in [0.3, 0.4) is 0 Å². The molecule has 0 aromatic heterocycles. The molecule has 0 radical (unpaired) electrons. The lowest BCUT2D eigenvalue weighted by atomic mass is 10.1. The number of ether oxygens (including phenoxy) is 1. The third kappa shape index (κ3) is 5.24. The highest BCUT2D eigenvalue weighted by Crippen LogP contribution is 2.20. The first kappa shape index (κ1) is 17.3. The van der Waals surface area contributed by atoms with Crippen molar-refractivity contribution in [3.63, 3.8) is 0 Å². The Morgan fingerprint density at radius 3 is 2.57 bits per heavy atom. The summed E-state index contributed by atoms with van der Waals surface area (Å²) < 4.78 is 4.42. The summed E-state index contributed by atoms with van der Waals surface area (Å²) in [5.74, 6) is -2.50. The predicted molar refractivity (Wildman–Crippen MR) is 76.6 cm³/mol. The number of carboxylic acids is 1. The molecule has 0 saturated heterocycles. The maximum Gasteiger partial charge on any atom is 0.326 e. The van der Waals surface area contributed by atoms with Crippen LogP contribution in [0.25, 0.3) is 0 Å². The van der Waals surface area contributed by atoms with E-state index in [0.717, 1.165) is 0 Å². The van der Waals surface area contributed by atoms with Gasteiger partial charge in [-0.2, -0.15) is 0 Å². The molecule has 0 unspecified atom stereocenters. The Bertz CT molecular complexity index is 561. The molecular formula is C13H13Cl2NO5. The van der Waals surface area contributed by atoms with Gasteiger partial charge in [-0.3, -0.25) is 9.59 Å². The number of benzene rings is 1. The Morgan fingerprint density at radius 1 is 1.33 bits per heavy atom. The zero-order valence-electron chi connectivity index (χ0n) is 11.1. The van der Waals surface area contributed by atoms with Crippen molar-refractivity contribution in [3.8, 4) is 0 Å². The number of rotatable bonds is 6. The number of hydrogen-bond acceptors (Lipinski definition) is 4. The van der Waals surface area contributed by atoms with E-state index in [1.165, 1.54) is 25.3 Å². The molecule has 0 saturated carbocycles. The monoisotopic (exact) mass is 333 g/mol. The third-order valence-electron chi connectivity index (χ3n) is 2.64. The van der Waals surface area contributed by atoms with Gasteiger partial charge in [0, 0.05) is 11.4 Å². The molecule has 1 amide bonds. The molecule has 2 N–H and O–H groups in total. The summed E-state index contributed by atoms with van der Waals surface area (Å²) in [4.78, 5) is 34.1. The number of carboxylic acid groups (broad SMARTS) is 1. The van der Waals surface area contributed by atoms with Crippen LogP contribution < -0.4 is 5.32 Å². The first-order chi connectivity index (χ1) is 9.85. The van der Waals surface area contributed by atoms with Gasteiger partial charge in [-0.05, 0) is 24.6 Å². The van der Waals surface area contributed by atoms with E-state index in [2.05, 4.69) is 10.1 Å². The highest BCUT2D eigenvalue weighted by Gasteiger charge is 2.23. The maximum atomic E-state index is 12.0. The van der Waals surface area contributed by atoms with Gasteiger partial charge < -0.3 is 15.2 Å². The minimum absolute atomic E-state index is 0.0634. The molecule has 114 valence electrons. The van der Waals surface area contributed by atoms with Gasteiger partial charge in [0.05, 0.1) is 17.7 Å².